The van der Waals surface area contributed by atoms with Gasteiger partial charge in [0.05, 0.1) is 13.7 Å². The summed E-state index contributed by atoms with van der Waals surface area (Å²) >= 11 is 0. The van der Waals surface area contributed by atoms with Gasteiger partial charge in [-0.25, -0.2) is 0 Å². The molecule has 1 fully saturated rings. The van der Waals surface area contributed by atoms with E-state index >= 15 is 0 Å². The highest BCUT2D eigenvalue weighted by molar-refractivity contribution is 5.75. The maximum Gasteiger partial charge on any atom is 0.220 e. The number of hydrogen-bond acceptors (Lipinski definition) is 4. The minimum Gasteiger partial charge on any atom is -0.497 e. The summed E-state index contributed by atoms with van der Waals surface area (Å²) in [5, 5.41) is 6.26. The first kappa shape index (κ1) is 16.6. The van der Waals surface area contributed by atoms with Crippen LogP contribution in [-0.2, 0) is 4.79 Å². The van der Waals surface area contributed by atoms with E-state index in [1.54, 1.807) is 7.11 Å². The van der Waals surface area contributed by atoms with Crippen LogP contribution in [0.4, 0.5) is 0 Å². The molecule has 0 bridgehead atoms. The lowest BCUT2D eigenvalue weighted by molar-refractivity contribution is -0.121. The fourth-order valence-corrected chi connectivity index (χ4v) is 2.59. The quantitative estimate of drug-likeness (QED) is 0.771. The van der Waals surface area contributed by atoms with Gasteiger partial charge in [0.2, 0.25) is 5.91 Å². The Labute approximate surface area is 132 Å². The molecule has 5 nitrogen and oxygen atoms in total. The van der Waals surface area contributed by atoms with Gasteiger partial charge in [0, 0.05) is 12.5 Å². The Hall–Kier alpha value is -1.75. The Morgan fingerprint density at radius 1 is 1.45 bits per heavy atom. The van der Waals surface area contributed by atoms with Crippen LogP contribution in [0.1, 0.15) is 26.2 Å². The Kier molecular flexibility index (Phi) is 6.52. The highest BCUT2D eigenvalue weighted by Crippen LogP contribution is 2.19. The van der Waals surface area contributed by atoms with Crippen LogP contribution in [0.15, 0.2) is 24.3 Å². The van der Waals surface area contributed by atoms with Gasteiger partial charge >= 0.3 is 0 Å². The zero-order valence-corrected chi connectivity index (χ0v) is 13.4. The zero-order chi connectivity index (χ0) is 15.8. The molecule has 2 unspecified atom stereocenters. The zero-order valence-electron chi connectivity index (χ0n) is 13.4. The monoisotopic (exact) mass is 306 g/mol. The van der Waals surface area contributed by atoms with Crippen molar-refractivity contribution in [3.05, 3.63) is 24.3 Å². The molecule has 1 aliphatic heterocycles. The fraction of sp³-hybridized carbons (Fsp3) is 0.588. The molecule has 0 aromatic heterocycles. The van der Waals surface area contributed by atoms with E-state index < -0.39 is 0 Å². The molecule has 1 heterocycles. The number of carbonyl (C=O) groups is 1. The van der Waals surface area contributed by atoms with Gasteiger partial charge in [0.25, 0.3) is 0 Å². The van der Waals surface area contributed by atoms with Gasteiger partial charge in [0.1, 0.15) is 17.6 Å². The number of ether oxygens (including phenoxy) is 2. The van der Waals surface area contributed by atoms with Crippen molar-refractivity contribution in [1.29, 1.82) is 0 Å². The summed E-state index contributed by atoms with van der Waals surface area (Å²) in [6.07, 6.45) is 2.66. The summed E-state index contributed by atoms with van der Waals surface area (Å²) in [7, 11) is 1.63. The topological polar surface area (TPSA) is 59.6 Å². The third-order valence-electron chi connectivity index (χ3n) is 3.91. The molecule has 1 aromatic rings. The van der Waals surface area contributed by atoms with E-state index in [0.717, 1.165) is 31.0 Å². The second-order valence-electron chi connectivity index (χ2n) is 5.81. The van der Waals surface area contributed by atoms with Gasteiger partial charge in [-0.3, -0.25) is 4.79 Å². The van der Waals surface area contributed by atoms with E-state index in [-0.39, 0.29) is 12.0 Å². The lowest BCUT2D eigenvalue weighted by Crippen LogP contribution is -2.33. The molecule has 5 heteroatoms. The van der Waals surface area contributed by atoms with E-state index in [1.165, 1.54) is 6.42 Å². The van der Waals surface area contributed by atoms with Gasteiger partial charge in [-0.05, 0) is 50.9 Å². The maximum absolute atomic E-state index is 11.9. The van der Waals surface area contributed by atoms with Crippen LogP contribution in [0.5, 0.6) is 11.5 Å². The van der Waals surface area contributed by atoms with Gasteiger partial charge in [-0.1, -0.05) is 6.07 Å². The van der Waals surface area contributed by atoms with Crippen LogP contribution in [0.2, 0.25) is 0 Å². The van der Waals surface area contributed by atoms with E-state index in [4.69, 9.17) is 9.47 Å². The minimum atomic E-state index is -0.0794. The van der Waals surface area contributed by atoms with Crippen LogP contribution in [0, 0.1) is 5.92 Å². The predicted molar refractivity (Wildman–Crippen MR) is 86.3 cm³/mol. The van der Waals surface area contributed by atoms with Crippen molar-refractivity contribution in [2.45, 2.75) is 32.3 Å². The first-order valence-corrected chi connectivity index (χ1v) is 7.95. The lowest BCUT2D eigenvalue weighted by atomic mass is 10.0. The molecule has 2 rings (SSSR count). The lowest BCUT2D eigenvalue weighted by Gasteiger charge is -2.16. The molecule has 22 heavy (non-hydrogen) atoms. The molecule has 2 atom stereocenters. The first-order chi connectivity index (χ1) is 10.7. The highest BCUT2D eigenvalue weighted by Gasteiger charge is 2.16. The van der Waals surface area contributed by atoms with Crippen molar-refractivity contribution >= 4 is 5.91 Å². The van der Waals surface area contributed by atoms with Gasteiger partial charge in [0.15, 0.2) is 0 Å². The molecular weight excluding hydrogens is 280 g/mol. The largest absolute Gasteiger partial charge is 0.497 e. The molecule has 1 amide bonds. The molecule has 0 aliphatic carbocycles. The van der Waals surface area contributed by atoms with Crippen molar-refractivity contribution in [3.8, 4) is 11.5 Å². The normalized spacial score (nSPS) is 18.7. The molecular formula is C17H26N2O3. The Morgan fingerprint density at radius 2 is 2.27 bits per heavy atom. The summed E-state index contributed by atoms with van der Waals surface area (Å²) < 4.78 is 10.9. The second-order valence-corrected chi connectivity index (χ2v) is 5.81. The fourth-order valence-electron chi connectivity index (χ4n) is 2.59. The average Bonchev–Trinajstić information content (AvgIpc) is 3.04. The molecule has 0 radical (unpaired) electrons. The molecule has 122 valence electrons. The predicted octanol–water partition coefficient (Wildman–Crippen LogP) is 1.97. The third-order valence-corrected chi connectivity index (χ3v) is 3.91. The van der Waals surface area contributed by atoms with Crippen molar-refractivity contribution < 1.29 is 14.3 Å². The summed E-state index contributed by atoms with van der Waals surface area (Å²) in [6.45, 7) is 4.58. The Bertz CT molecular complexity index is 473. The van der Waals surface area contributed by atoms with Crippen LogP contribution < -0.4 is 20.1 Å². The number of carbonyl (C=O) groups excluding carboxylic acids is 1. The van der Waals surface area contributed by atoms with Gasteiger partial charge < -0.3 is 20.1 Å². The molecule has 1 aliphatic rings. The van der Waals surface area contributed by atoms with Gasteiger partial charge in [-0.15, -0.1) is 0 Å². The van der Waals surface area contributed by atoms with Gasteiger partial charge in [-0.2, -0.15) is 0 Å². The van der Waals surface area contributed by atoms with Crippen molar-refractivity contribution in [3.63, 3.8) is 0 Å². The number of amides is 1. The molecule has 1 saturated heterocycles. The second kappa shape index (κ2) is 8.63. The first-order valence-electron chi connectivity index (χ1n) is 7.95. The van der Waals surface area contributed by atoms with E-state index in [2.05, 4.69) is 10.6 Å². The molecule has 1 aromatic carbocycles. The summed E-state index contributed by atoms with van der Waals surface area (Å²) in [5.41, 5.74) is 0. The number of nitrogens with one attached hydrogen (secondary N) is 2. The summed E-state index contributed by atoms with van der Waals surface area (Å²) in [6, 6.07) is 7.48. The minimum absolute atomic E-state index is 0.0794. The van der Waals surface area contributed by atoms with Crippen LogP contribution in [-0.4, -0.2) is 38.8 Å². The van der Waals surface area contributed by atoms with Crippen molar-refractivity contribution in [1.82, 2.24) is 10.6 Å². The average molecular weight is 306 g/mol. The standard InChI is InChI=1S/C17H26N2O3/c1-13(22-16-5-3-4-15(10-16)21-2)11-19-17(20)7-6-14-8-9-18-12-14/h3-5,10,13-14,18H,6-9,11-12H2,1-2H3,(H,19,20). The highest BCUT2D eigenvalue weighted by atomic mass is 16.5. The maximum atomic E-state index is 11.9. The number of hydrogen-bond donors (Lipinski definition) is 2. The van der Waals surface area contributed by atoms with Crippen LogP contribution in [0.3, 0.4) is 0 Å². The van der Waals surface area contributed by atoms with E-state index in [0.29, 0.717) is 18.9 Å². The summed E-state index contributed by atoms with van der Waals surface area (Å²) in [5.74, 6) is 2.27. The Morgan fingerprint density at radius 3 is 3.00 bits per heavy atom. The number of methoxy groups -OCH3 is 1. The van der Waals surface area contributed by atoms with E-state index in [1.807, 2.05) is 31.2 Å². The van der Waals surface area contributed by atoms with Crippen molar-refractivity contribution in [2.24, 2.45) is 5.92 Å². The SMILES string of the molecule is COc1cccc(OC(C)CNC(=O)CCC2CCNC2)c1. The van der Waals surface area contributed by atoms with Crippen LogP contribution in [0.25, 0.3) is 0 Å². The molecule has 0 spiro atoms. The Balaban J connectivity index is 1.65. The molecule has 0 saturated carbocycles. The summed E-state index contributed by atoms with van der Waals surface area (Å²) in [4.78, 5) is 11.9. The van der Waals surface area contributed by atoms with E-state index in [9.17, 15) is 4.79 Å². The van der Waals surface area contributed by atoms with Crippen molar-refractivity contribution in [2.75, 3.05) is 26.7 Å². The third kappa shape index (κ3) is 5.56. The molecule has 2 N–H and O–H groups in total. The smallest absolute Gasteiger partial charge is 0.220 e. The number of rotatable bonds is 8. The van der Waals surface area contributed by atoms with Crippen LogP contribution >= 0.6 is 0 Å². The number of benzene rings is 1.